The highest BCUT2D eigenvalue weighted by Crippen LogP contribution is 2.15. The maximum absolute atomic E-state index is 11.8. The summed E-state index contributed by atoms with van der Waals surface area (Å²) >= 11 is 0. The van der Waals surface area contributed by atoms with Crippen LogP contribution in [0.4, 0.5) is 0 Å². The molecule has 0 aromatic carbocycles. The molecule has 0 saturated heterocycles. The van der Waals surface area contributed by atoms with E-state index in [-0.39, 0.29) is 11.4 Å². The highest BCUT2D eigenvalue weighted by atomic mass is 16.2. The molecule has 1 atom stereocenters. The number of hydrogen-bond donors (Lipinski definition) is 1. The van der Waals surface area contributed by atoms with Gasteiger partial charge in [-0.2, -0.15) is 0 Å². The van der Waals surface area contributed by atoms with Gasteiger partial charge in [-0.25, -0.2) is 0 Å². The number of carbonyl (C=O) groups excluding carboxylic acids is 1. The van der Waals surface area contributed by atoms with E-state index in [0.717, 1.165) is 6.42 Å². The molecule has 3 nitrogen and oxygen atoms in total. The minimum Gasteiger partial charge on any atom is -0.339 e. The number of hydrogen-bond acceptors (Lipinski definition) is 2. The molecule has 0 aliphatic heterocycles. The molecule has 1 amide bonds. The van der Waals surface area contributed by atoms with Crippen molar-refractivity contribution in [2.45, 2.75) is 46.1 Å². The van der Waals surface area contributed by atoms with Gasteiger partial charge in [-0.3, -0.25) is 4.79 Å². The van der Waals surface area contributed by atoms with Gasteiger partial charge >= 0.3 is 0 Å². The Bertz CT molecular complexity index is 190. The van der Waals surface area contributed by atoms with E-state index in [4.69, 9.17) is 5.73 Å². The average Bonchev–Trinajstić information content (AvgIpc) is 2.16. The van der Waals surface area contributed by atoms with Crippen molar-refractivity contribution < 1.29 is 4.79 Å². The second-order valence-corrected chi connectivity index (χ2v) is 4.69. The van der Waals surface area contributed by atoms with Gasteiger partial charge in [0.2, 0.25) is 5.91 Å². The molecule has 0 rings (SSSR count). The Morgan fingerprint density at radius 3 is 2.36 bits per heavy atom. The van der Waals surface area contributed by atoms with Gasteiger partial charge in [-0.15, -0.1) is 0 Å². The molecule has 0 aromatic heterocycles. The summed E-state index contributed by atoms with van der Waals surface area (Å²) in [7, 11) is 1.83. The lowest BCUT2D eigenvalue weighted by atomic mass is 10.00. The minimum atomic E-state index is -0.232. The molecule has 2 N–H and O–H groups in total. The normalized spacial score (nSPS) is 13.9. The summed E-state index contributed by atoms with van der Waals surface area (Å²) in [5.74, 6) is 0.647. The molecule has 3 heteroatoms. The van der Waals surface area contributed by atoms with Gasteiger partial charge in [0.25, 0.3) is 0 Å². The van der Waals surface area contributed by atoms with Crippen molar-refractivity contribution >= 4 is 5.91 Å². The van der Waals surface area contributed by atoms with E-state index in [1.165, 1.54) is 0 Å². The Kier molecular flexibility index (Phi) is 5.13. The van der Waals surface area contributed by atoms with E-state index in [1.807, 2.05) is 20.9 Å². The Morgan fingerprint density at radius 2 is 2.00 bits per heavy atom. The second kappa shape index (κ2) is 5.35. The Morgan fingerprint density at radius 1 is 1.50 bits per heavy atom. The molecule has 0 bridgehead atoms. The molecule has 84 valence electrons. The maximum atomic E-state index is 11.8. The zero-order chi connectivity index (χ0) is 11.4. The summed E-state index contributed by atoms with van der Waals surface area (Å²) in [4.78, 5) is 13.6. The van der Waals surface area contributed by atoms with Gasteiger partial charge in [0, 0.05) is 25.6 Å². The molecule has 0 aliphatic carbocycles. The quantitative estimate of drug-likeness (QED) is 0.733. The van der Waals surface area contributed by atoms with Crippen LogP contribution in [0.2, 0.25) is 0 Å². The molecule has 0 radical (unpaired) electrons. The molecule has 0 aromatic rings. The van der Waals surface area contributed by atoms with Gasteiger partial charge in [0.15, 0.2) is 0 Å². The molecule has 0 aliphatic rings. The third kappa shape index (κ3) is 3.66. The van der Waals surface area contributed by atoms with Crippen LogP contribution >= 0.6 is 0 Å². The van der Waals surface area contributed by atoms with E-state index in [0.29, 0.717) is 18.9 Å². The van der Waals surface area contributed by atoms with Crippen LogP contribution < -0.4 is 5.73 Å². The molecule has 14 heavy (non-hydrogen) atoms. The second-order valence-electron chi connectivity index (χ2n) is 4.69. The zero-order valence-electron chi connectivity index (χ0n) is 10.1. The van der Waals surface area contributed by atoms with Gasteiger partial charge in [0.1, 0.15) is 0 Å². The van der Waals surface area contributed by atoms with Crippen molar-refractivity contribution in [1.29, 1.82) is 0 Å². The van der Waals surface area contributed by atoms with Crippen molar-refractivity contribution in [2.75, 3.05) is 13.6 Å². The smallest absolute Gasteiger partial charge is 0.223 e. The third-order valence-electron chi connectivity index (χ3n) is 3.00. The number of nitrogens with zero attached hydrogens (tertiary/aromatic N) is 1. The fourth-order valence-electron chi connectivity index (χ4n) is 1.05. The van der Waals surface area contributed by atoms with Gasteiger partial charge in [-0.05, 0) is 19.8 Å². The average molecular weight is 200 g/mol. The number of carbonyl (C=O) groups is 1. The van der Waals surface area contributed by atoms with E-state index in [9.17, 15) is 4.79 Å². The van der Waals surface area contributed by atoms with E-state index >= 15 is 0 Å². The lowest BCUT2D eigenvalue weighted by molar-refractivity contribution is -0.135. The van der Waals surface area contributed by atoms with E-state index in [2.05, 4.69) is 13.8 Å². The monoisotopic (exact) mass is 200 g/mol. The zero-order valence-corrected chi connectivity index (χ0v) is 10.1. The molecule has 0 fully saturated rings. The molecular formula is C11H24N2O. The van der Waals surface area contributed by atoms with Crippen LogP contribution in [-0.2, 0) is 4.79 Å². The summed E-state index contributed by atoms with van der Waals surface area (Å²) in [5, 5.41) is 0. The van der Waals surface area contributed by atoms with Crippen LogP contribution in [0.15, 0.2) is 0 Å². The van der Waals surface area contributed by atoms with Crippen LogP contribution in [0.1, 0.15) is 40.5 Å². The first-order valence-corrected chi connectivity index (χ1v) is 5.31. The predicted molar refractivity (Wildman–Crippen MR) is 60.0 cm³/mol. The molecule has 0 spiro atoms. The fraction of sp³-hybridized carbons (Fsp3) is 0.909. The number of nitrogens with two attached hydrogens (primary N) is 1. The minimum absolute atomic E-state index is 0.190. The summed E-state index contributed by atoms with van der Waals surface area (Å²) < 4.78 is 0. The third-order valence-corrected chi connectivity index (χ3v) is 3.00. The van der Waals surface area contributed by atoms with Crippen LogP contribution in [-0.4, -0.2) is 29.9 Å². The van der Waals surface area contributed by atoms with Crippen LogP contribution in [0.5, 0.6) is 0 Å². The van der Waals surface area contributed by atoms with Crippen molar-refractivity contribution in [3.63, 3.8) is 0 Å². The van der Waals surface area contributed by atoms with Crippen LogP contribution in [0.3, 0.4) is 0 Å². The fourth-order valence-corrected chi connectivity index (χ4v) is 1.05. The standard InChI is InChI=1S/C11H24N2O/c1-6-9(2)7-10(14)13(5)11(3,4)8-12/h9H,6-8,12H2,1-5H3. The number of rotatable bonds is 5. The maximum Gasteiger partial charge on any atom is 0.223 e. The lowest BCUT2D eigenvalue weighted by Gasteiger charge is -2.35. The highest BCUT2D eigenvalue weighted by Gasteiger charge is 2.26. The summed E-state index contributed by atoms with van der Waals surface area (Å²) in [6.07, 6.45) is 1.67. The largest absolute Gasteiger partial charge is 0.339 e. The van der Waals surface area contributed by atoms with Crippen molar-refractivity contribution in [1.82, 2.24) is 4.90 Å². The number of amides is 1. The Hall–Kier alpha value is -0.570. The lowest BCUT2D eigenvalue weighted by Crippen LogP contribution is -2.50. The number of likely N-dealkylation sites (N-methyl/N-ethyl adjacent to an activating group) is 1. The molecule has 1 unspecified atom stereocenters. The van der Waals surface area contributed by atoms with Gasteiger partial charge in [0.05, 0.1) is 0 Å². The predicted octanol–water partition coefficient (Wildman–Crippen LogP) is 1.62. The first-order valence-electron chi connectivity index (χ1n) is 5.31. The Balaban J connectivity index is 4.25. The molecular weight excluding hydrogens is 176 g/mol. The Labute approximate surface area is 87.6 Å². The van der Waals surface area contributed by atoms with Crippen molar-refractivity contribution in [3.8, 4) is 0 Å². The SMILES string of the molecule is CCC(C)CC(=O)N(C)C(C)(C)CN. The van der Waals surface area contributed by atoms with Gasteiger partial charge < -0.3 is 10.6 Å². The van der Waals surface area contributed by atoms with Crippen LogP contribution in [0, 0.1) is 5.92 Å². The molecule has 0 heterocycles. The summed E-state index contributed by atoms with van der Waals surface area (Å²) in [6.45, 7) is 8.67. The van der Waals surface area contributed by atoms with Crippen molar-refractivity contribution in [2.24, 2.45) is 11.7 Å². The first kappa shape index (κ1) is 13.4. The highest BCUT2D eigenvalue weighted by molar-refractivity contribution is 5.76. The van der Waals surface area contributed by atoms with Crippen LogP contribution in [0.25, 0.3) is 0 Å². The van der Waals surface area contributed by atoms with Gasteiger partial charge in [-0.1, -0.05) is 20.3 Å². The van der Waals surface area contributed by atoms with Crippen molar-refractivity contribution in [3.05, 3.63) is 0 Å². The summed E-state index contributed by atoms with van der Waals surface area (Å²) in [6, 6.07) is 0. The van der Waals surface area contributed by atoms with E-state index in [1.54, 1.807) is 4.90 Å². The first-order chi connectivity index (χ1) is 6.35. The topological polar surface area (TPSA) is 46.3 Å². The molecule has 0 saturated carbocycles. The van der Waals surface area contributed by atoms with E-state index < -0.39 is 0 Å². The summed E-state index contributed by atoms with van der Waals surface area (Å²) in [5.41, 5.74) is 5.38.